The van der Waals surface area contributed by atoms with Crippen LogP contribution in [0.2, 0.25) is 0 Å². The van der Waals surface area contributed by atoms with Crippen LogP contribution in [0.4, 0.5) is 5.69 Å². The van der Waals surface area contributed by atoms with Crippen molar-refractivity contribution in [2.24, 2.45) is 0 Å². The van der Waals surface area contributed by atoms with Crippen LogP contribution in [0, 0.1) is 0 Å². The number of nitrogens with zero attached hydrogens (tertiary/aromatic N) is 1. The molecule has 3 aromatic carbocycles. The first-order valence-corrected chi connectivity index (χ1v) is 9.27. The molecule has 30 heavy (non-hydrogen) atoms. The van der Waals surface area contributed by atoms with Crippen LogP contribution in [0.15, 0.2) is 73.4 Å². The summed E-state index contributed by atoms with van der Waals surface area (Å²) in [5, 5.41) is 5.55. The molecular weight excluding hydrogens is 380 g/mol. The molecule has 4 rings (SSSR count). The zero-order valence-electron chi connectivity index (χ0n) is 16.6. The molecule has 0 aliphatic rings. The summed E-state index contributed by atoms with van der Waals surface area (Å²) < 4.78 is 16.9. The number of carbonyl (C=O) groups is 1. The lowest BCUT2D eigenvalue weighted by Crippen LogP contribution is -2.06. The Morgan fingerprint density at radius 3 is 2.43 bits per heavy atom. The Hall–Kier alpha value is -4.06. The number of fused-ring (bicyclic) bond motifs is 2. The van der Waals surface area contributed by atoms with E-state index in [1.165, 1.54) is 6.08 Å². The maximum Gasteiger partial charge on any atom is 0.247 e. The number of rotatable bonds is 6. The molecule has 150 valence electrons. The molecule has 1 N–H and O–H groups in total. The summed E-state index contributed by atoms with van der Waals surface area (Å²) in [5.74, 6) is 2.32. The quantitative estimate of drug-likeness (QED) is 0.444. The van der Waals surface area contributed by atoms with Crippen molar-refractivity contribution in [1.82, 2.24) is 4.98 Å². The van der Waals surface area contributed by atoms with Gasteiger partial charge in [0, 0.05) is 23.3 Å². The van der Waals surface area contributed by atoms with E-state index in [-0.39, 0.29) is 5.91 Å². The molecule has 0 atom stereocenters. The fourth-order valence-corrected chi connectivity index (χ4v) is 3.22. The summed E-state index contributed by atoms with van der Waals surface area (Å²) in [6.07, 6.45) is 2.93. The average Bonchev–Trinajstić information content (AvgIpc) is 2.78. The van der Waals surface area contributed by atoms with Crippen molar-refractivity contribution in [1.29, 1.82) is 0 Å². The van der Waals surface area contributed by atoms with E-state index in [0.29, 0.717) is 28.7 Å². The molecule has 1 aromatic heterocycles. The molecule has 4 aromatic rings. The predicted octanol–water partition coefficient (Wildman–Crippen LogP) is 5.32. The molecule has 0 aliphatic carbocycles. The van der Waals surface area contributed by atoms with Crippen molar-refractivity contribution in [3.05, 3.63) is 73.4 Å². The number of ether oxygens (including phenoxy) is 3. The molecule has 0 spiro atoms. The Kier molecular flexibility index (Phi) is 5.22. The Morgan fingerprint density at radius 1 is 0.933 bits per heavy atom. The second-order valence-corrected chi connectivity index (χ2v) is 6.55. The normalized spacial score (nSPS) is 10.6. The SMILES string of the molecule is C=CC(=O)Nc1ccc2cc(Oc3ccnc4cc(OC)c(OC)cc34)ccc2c1. The van der Waals surface area contributed by atoms with Gasteiger partial charge in [0.15, 0.2) is 11.5 Å². The summed E-state index contributed by atoms with van der Waals surface area (Å²) in [6, 6.07) is 16.9. The average molecular weight is 400 g/mol. The lowest BCUT2D eigenvalue weighted by atomic mass is 10.1. The van der Waals surface area contributed by atoms with Gasteiger partial charge >= 0.3 is 0 Å². The van der Waals surface area contributed by atoms with Gasteiger partial charge in [0.1, 0.15) is 11.5 Å². The van der Waals surface area contributed by atoms with Gasteiger partial charge in [-0.05, 0) is 53.2 Å². The highest BCUT2D eigenvalue weighted by Gasteiger charge is 2.11. The fourth-order valence-electron chi connectivity index (χ4n) is 3.22. The summed E-state index contributed by atoms with van der Waals surface area (Å²) in [7, 11) is 3.18. The van der Waals surface area contributed by atoms with Crippen molar-refractivity contribution in [2.75, 3.05) is 19.5 Å². The largest absolute Gasteiger partial charge is 0.493 e. The van der Waals surface area contributed by atoms with E-state index in [1.807, 2.05) is 54.6 Å². The maximum atomic E-state index is 11.5. The van der Waals surface area contributed by atoms with Crippen molar-refractivity contribution in [2.45, 2.75) is 0 Å². The van der Waals surface area contributed by atoms with Crippen molar-refractivity contribution in [3.63, 3.8) is 0 Å². The van der Waals surface area contributed by atoms with Gasteiger partial charge in [-0.25, -0.2) is 0 Å². The molecule has 0 aliphatic heterocycles. The number of nitrogens with one attached hydrogen (secondary N) is 1. The molecule has 1 amide bonds. The van der Waals surface area contributed by atoms with E-state index in [9.17, 15) is 4.79 Å². The number of methoxy groups -OCH3 is 2. The first-order chi connectivity index (χ1) is 14.6. The van der Waals surface area contributed by atoms with E-state index >= 15 is 0 Å². The number of benzene rings is 3. The van der Waals surface area contributed by atoms with E-state index in [2.05, 4.69) is 16.9 Å². The number of carbonyl (C=O) groups excluding carboxylic acids is 1. The highest BCUT2D eigenvalue weighted by Crippen LogP contribution is 2.37. The van der Waals surface area contributed by atoms with E-state index < -0.39 is 0 Å². The molecule has 0 bridgehead atoms. The highest BCUT2D eigenvalue weighted by atomic mass is 16.5. The number of hydrogen-bond donors (Lipinski definition) is 1. The first kappa shape index (κ1) is 19.3. The number of pyridine rings is 1. The second-order valence-electron chi connectivity index (χ2n) is 6.55. The van der Waals surface area contributed by atoms with Crippen LogP contribution in [-0.4, -0.2) is 25.1 Å². The van der Waals surface area contributed by atoms with E-state index in [4.69, 9.17) is 14.2 Å². The molecular formula is C24H20N2O4. The minimum atomic E-state index is -0.245. The lowest BCUT2D eigenvalue weighted by Gasteiger charge is -2.13. The van der Waals surface area contributed by atoms with Crippen LogP contribution in [0.3, 0.4) is 0 Å². The van der Waals surface area contributed by atoms with Crippen molar-refractivity contribution < 1.29 is 19.0 Å². The topological polar surface area (TPSA) is 69.7 Å². The van der Waals surface area contributed by atoms with Crippen molar-refractivity contribution >= 4 is 33.3 Å². The smallest absolute Gasteiger partial charge is 0.247 e. The number of hydrogen-bond acceptors (Lipinski definition) is 5. The summed E-state index contributed by atoms with van der Waals surface area (Å²) in [6.45, 7) is 3.46. The minimum absolute atomic E-state index is 0.245. The van der Waals surface area contributed by atoms with Crippen LogP contribution in [0.25, 0.3) is 21.7 Å². The molecule has 0 radical (unpaired) electrons. The number of amides is 1. The Balaban J connectivity index is 1.68. The Morgan fingerprint density at radius 2 is 1.67 bits per heavy atom. The fraction of sp³-hybridized carbons (Fsp3) is 0.0833. The summed E-state index contributed by atoms with van der Waals surface area (Å²) in [4.78, 5) is 15.9. The van der Waals surface area contributed by atoms with Gasteiger partial charge < -0.3 is 19.5 Å². The minimum Gasteiger partial charge on any atom is -0.493 e. The number of anilines is 1. The molecule has 6 heteroatoms. The van der Waals surface area contributed by atoms with Gasteiger partial charge in [-0.2, -0.15) is 0 Å². The molecule has 0 saturated heterocycles. The maximum absolute atomic E-state index is 11.5. The van der Waals surface area contributed by atoms with E-state index in [1.54, 1.807) is 20.4 Å². The lowest BCUT2D eigenvalue weighted by molar-refractivity contribution is -0.111. The third kappa shape index (κ3) is 3.75. The predicted molar refractivity (Wildman–Crippen MR) is 118 cm³/mol. The second kappa shape index (κ2) is 8.13. The molecule has 6 nitrogen and oxygen atoms in total. The summed E-state index contributed by atoms with van der Waals surface area (Å²) >= 11 is 0. The third-order valence-electron chi connectivity index (χ3n) is 4.70. The van der Waals surface area contributed by atoms with Crippen LogP contribution < -0.4 is 19.5 Å². The van der Waals surface area contributed by atoms with Gasteiger partial charge in [-0.3, -0.25) is 9.78 Å². The van der Waals surface area contributed by atoms with E-state index in [0.717, 1.165) is 21.7 Å². The van der Waals surface area contributed by atoms with Crippen LogP contribution in [0.1, 0.15) is 0 Å². The zero-order valence-corrected chi connectivity index (χ0v) is 16.6. The van der Waals surface area contributed by atoms with Gasteiger partial charge in [0.25, 0.3) is 0 Å². The zero-order chi connectivity index (χ0) is 21.1. The highest BCUT2D eigenvalue weighted by molar-refractivity contribution is 6.00. The monoisotopic (exact) mass is 400 g/mol. The van der Waals surface area contributed by atoms with Crippen LogP contribution in [0.5, 0.6) is 23.0 Å². The molecule has 0 saturated carbocycles. The van der Waals surface area contributed by atoms with Gasteiger partial charge in [-0.15, -0.1) is 0 Å². The summed E-state index contributed by atoms with van der Waals surface area (Å²) in [5.41, 5.74) is 1.45. The van der Waals surface area contributed by atoms with Crippen LogP contribution in [-0.2, 0) is 4.79 Å². The standard InChI is InChI=1S/C24H20N2O4/c1-4-24(27)26-17-7-5-16-12-18(8-6-15(16)11-17)30-21-9-10-25-20-14-23(29-3)22(28-2)13-19(20)21/h4-14H,1H2,2-3H3,(H,26,27). The van der Waals surface area contributed by atoms with Gasteiger partial charge in [-0.1, -0.05) is 18.7 Å². The third-order valence-corrected chi connectivity index (χ3v) is 4.70. The molecule has 0 unspecified atom stereocenters. The molecule has 0 fully saturated rings. The number of aromatic nitrogens is 1. The molecule has 1 heterocycles. The Labute approximate surface area is 173 Å². The first-order valence-electron chi connectivity index (χ1n) is 9.27. The van der Waals surface area contributed by atoms with Crippen LogP contribution >= 0.6 is 0 Å². The van der Waals surface area contributed by atoms with Gasteiger partial charge in [0.05, 0.1) is 19.7 Å². The van der Waals surface area contributed by atoms with Gasteiger partial charge in [0.2, 0.25) is 5.91 Å². The Bertz CT molecular complexity index is 1270. The van der Waals surface area contributed by atoms with Crippen molar-refractivity contribution in [3.8, 4) is 23.0 Å².